The van der Waals surface area contributed by atoms with Gasteiger partial charge in [-0.25, -0.2) is 4.98 Å². The number of ether oxygens (including phenoxy) is 1. The van der Waals surface area contributed by atoms with Crippen molar-refractivity contribution in [3.63, 3.8) is 0 Å². The van der Waals surface area contributed by atoms with E-state index in [4.69, 9.17) is 4.74 Å². The lowest BCUT2D eigenvalue weighted by atomic mass is 10.2. The number of methoxy groups -OCH3 is 1. The van der Waals surface area contributed by atoms with E-state index in [2.05, 4.69) is 31.1 Å². The molecule has 90 valence electrons. The first-order valence-corrected chi connectivity index (χ1v) is 6.81. The lowest BCUT2D eigenvalue weighted by Crippen LogP contribution is -1.88. The molecular weight excluding hydrogens is 302 g/mol. The van der Waals surface area contributed by atoms with Crippen LogP contribution in [0.4, 0.5) is 0 Å². The number of aryl methyl sites for hydroxylation is 1. The van der Waals surface area contributed by atoms with Gasteiger partial charge in [0.1, 0.15) is 11.6 Å². The van der Waals surface area contributed by atoms with Crippen molar-refractivity contribution < 1.29 is 4.74 Å². The highest BCUT2D eigenvalue weighted by molar-refractivity contribution is 9.10. The SMILES string of the molecule is COc1ccc(Br)c(CSc2n[nH]c(C)n2)c1. The number of aromatic amines is 1. The molecule has 0 aliphatic carbocycles. The van der Waals surface area contributed by atoms with E-state index in [9.17, 15) is 0 Å². The second-order valence-electron chi connectivity index (χ2n) is 3.45. The van der Waals surface area contributed by atoms with E-state index in [0.717, 1.165) is 32.5 Å². The van der Waals surface area contributed by atoms with Crippen molar-refractivity contribution in [2.45, 2.75) is 17.8 Å². The minimum absolute atomic E-state index is 0.761. The van der Waals surface area contributed by atoms with Crippen LogP contribution in [0.5, 0.6) is 5.75 Å². The highest BCUT2D eigenvalue weighted by atomic mass is 79.9. The first kappa shape index (κ1) is 12.4. The molecule has 2 rings (SSSR count). The Balaban J connectivity index is 2.07. The summed E-state index contributed by atoms with van der Waals surface area (Å²) in [5.74, 6) is 2.49. The Morgan fingerprint density at radius 1 is 1.47 bits per heavy atom. The van der Waals surface area contributed by atoms with Crippen LogP contribution in [-0.2, 0) is 5.75 Å². The highest BCUT2D eigenvalue weighted by Crippen LogP contribution is 2.28. The number of nitrogens with one attached hydrogen (secondary N) is 1. The van der Waals surface area contributed by atoms with Gasteiger partial charge in [-0.05, 0) is 30.7 Å². The zero-order chi connectivity index (χ0) is 12.3. The van der Waals surface area contributed by atoms with E-state index in [1.807, 2.05) is 25.1 Å². The van der Waals surface area contributed by atoms with Crippen molar-refractivity contribution in [1.82, 2.24) is 15.2 Å². The third kappa shape index (κ3) is 3.23. The molecule has 0 aliphatic heterocycles. The molecule has 1 aromatic carbocycles. The van der Waals surface area contributed by atoms with Crippen LogP contribution in [-0.4, -0.2) is 22.3 Å². The number of hydrogen-bond donors (Lipinski definition) is 1. The monoisotopic (exact) mass is 313 g/mol. The maximum Gasteiger partial charge on any atom is 0.208 e. The molecule has 0 unspecified atom stereocenters. The summed E-state index contributed by atoms with van der Waals surface area (Å²) in [4.78, 5) is 4.25. The fraction of sp³-hybridized carbons (Fsp3) is 0.273. The largest absolute Gasteiger partial charge is 0.497 e. The molecule has 0 saturated heterocycles. The lowest BCUT2D eigenvalue weighted by molar-refractivity contribution is 0.414. The Kier molecular flexibility index (Phi) is 4.06. The van der Waals surface area contributed by atoms with Crippen molar-refractivity contribution in [2.24, 2.45) is 0 Å². The quantitative estimate of drug-likeness (QED) is 0.881. The molecule has 1 N–H and O–H groups in total. The number of thioether (sulfide) groups is 1. The molecule has 0 saturated carbocycles. The summed E-state index contributed by atoms with van der Waals surface area (Å²) in [7, 11) is 1.67. The molecule has 2 aromatic rings. The van der Waals surface area contributed by atoms with Gasteiger partial charge in [-0.3, -0.25) is 5.10 Å². The van der Waals surface area contributed by atoms with Crippen LogP contribution < -0.4 is 4.74 Å². The molecular formula is C11H12BrN3OS. The van der Waals surface area contributed by atoms with Crippen LogP contribution in [0.15, 0.2) is 27.8 Å². The first-order chi connectivity index (χ1) is 8.19. The molecule has 0 bridgehead atoms. The standard InChI is InChI=1S/C11H12BrN3OS/c1-7-13-11(15-14-7)17-6-8-5-9(16-2)3-4-10(8)12/h3-5H,6H2,1-2H3,(H,13,14,15). The van der Waals surface area contributed by atoms with Gasteiger partial charge in [-0.1, -0.05) is 27.7 Å². The second-order valence-corrected chi connectivity index (χ2v) is 5.25. The average Bonchev–Trinajstić information content (AvgIpc) is 2.74. The Morgan fingerprint density at radius 3 is 2.94 bits per heavy atom. The van der Waals surface area contributed by atoms with Gasteiger partial charge in [0.15, 0.2) is 0 Å². The van der Waals surface area contributed by atoms with Gasteiger partial charge in [0, 0.05) is 10.2 Å². The highest BCUT2D eigenvalue weighted by Gasteiger charge is 2.05. The summed E-state index contributed by atoms with van der Waals surface area (Å²) in [6, 6.07) is 5.92. The van der Waals surface area contributed by atoms with Crippen LogP contribution in [0.2, 0.25) is 0 Å². The molecule has 1 heterocycles. The number of rotatable bonds is 4. The summed E-state index contributed by atoms with van der Waals surface area (Å²) in [6.07, 6.45) is 0. The molecule has 4 nitrogen and oxygen atoms in total. The van der Waals surface area contributed by atoms with E-state index in [1.54, 1.807) is 18.9 Å². The van der Waals surface area contributed by atoms with Crippen LogP contribution in [0.1, 0.15) is 11.4 Å². The van der Waals surface area contributed by atoms with Gasteiger partial charge >= 0.3 is 0 Å². The second kappa shape index (κ2) is 5.55. The number of aromatic nitrogens is 3. The number of hydrogen-bond acceptors (Lipinski definition) is 4. The smallest absolute Gasteiger partial charge is 0.208 e. The molecule has 0 fully saturated rings. The minimum atomic E-state index is 0.761. The molecule has 0 atom stereocenters. The van der Waals surface area contributed by atoms with Crippen molar-refractivity contribution >= 4 is 27.7 Å². The number of halogens is 1. The predicted octanol–water partition coefficient (Wildman–Crippen LogP) is 3.18. The summed E-state index contributed by atoms with van der Waals surface area (Å²) in [5, 5.41) is 7.67. The average molecular weight is 314 g/mol. The van der Waals surface area contributed by atoms with Gasteiger partial charge in [-0.2, -0.15) is 0 Å². The summed E-state index contributed by atoms with van der Waals surface area (Å²) in [6.45, 7) is 1.89. The zero-order valence-corrected chi connectivity index (χ0v) is 11.9. The molecule has 0 radical (unpaired) electrons. The summed E-state index contributed by atoms with van der Waals surface area (Å²) < 4.78 is 6.27. The van der Waals surface area contributed by atoms with E-state index >= 15 is 0 Å². The van der Waals surface area contributed by atoms with Gasteiger partial charge < -0.3 is 4.74 Å². The maximum absolute atomic E-state index is 5.20. The predicted molar refractivity (Wildman–Crippen MR) is 71.4 cm³/mol. The molecule has 17 heavy (non-hydrogen) atoms. The minimum Gasteiger partial charge on any atom is -0.497 e. The number of H-pyrrole nitrogens is 1. The fourth-order valence-corrected chi connectivity index (χ4v) is 2.73. The Hall–Kier alpha value is -1.01. The van der Waals surface area contributed by atoms with Gasteiger partial charge in [0.2, 0.25) is 5.16 Å². The third-order valence-electron chi connectivity index (χ3n) is 2.19. The van der Waals surface area contributed by atoms with E-state index in [1.165, 1.54) is 0 Å². The van der Waals surface area contributed by atoms with Crippen LogP contribution in [0.25, 0.3) is 0 Å². The molecule has 0 aliphatic rings. The normalized spacial score (nSPS) is 10.5. The fourth-order valence-electron chi connectivity index (χ4n) is 1.32. The van der Waals surface area contributed by atoms with Gasteiger partial charge in [0.05, 0.1) is 7.11 Å². The van der Waals surface area contributed by atoms with Crippen LogP contribution >= 0.6 is 27.7 Å². The molecule has 0 amide bonds. The van der Waals surface area contributed by atoms with Crippen LogP contribution in [0, 0.1) is 6.92 Å². The van der Waals surface area contributed by atoms with Gasteiger partial charge in [-0.15, -0.1) is 5.10 Å². The first-order valence-electron chi connectivity index (χ1n) is 5.03. The van der Waals surface area contributed by atoms with E-state index in [-0.39, 0.29) is 0 Å². The Bertz CT molecular complexity index is 515. The van der Waals surface area contributed by atoms with Crippen molar-refractivity contribution in [1.29, 1.82) is 0 Å². The Morgan fingerprint density at radius 2 is 2.29 bits per heavy atom. The van der Waals surface area contributed by atoms with Crippen molar-refractivity contribution in [3.05, 3.63) is 34.1 Å². The molecule has 1 aromatic heterocycles. The Labute approximate surface area is 112 Å². The number of benzene rings is 1. The lowest BCUT2D eigenvalue weighted by Gasteiger charge is -2.05. The zero-order valence-electron chi connectivity index (χ0n) is 9.53. The molecule has 0 spiro atoms. The van der Waals surface area contributed by atoms with Crippen LogP contribution in [0.3, 0.4) is 0 Å². The molecule has 6 heteroatoms. The topological polar surface area (TPSA) is 50.8 Å². The van der Waals surface area contributed by atoms with Crippen molar-refractivity contribution in [2.75, 3.05) is 7.11 Å². The summed E-state index contributed by atoms with van der Waals surface area (Å²) in [5.41, 5.74) is 1.16. The summed E-state index contributed by atoms with van der Waals surface area (Å²) >= 11 is 5.11. The van der Waals surface area contributed by atoms with Crippen molar-refractivity contribution in [3.8, 4) is 5.75 Å². The third-order valence-corrected chi connectivity index (χ3v) is 3.86. The maximum atomic E-state index is 5.20. The van der Waals surface area contributed by atoms with E-state index in [0.29, 0.717) is 0 Å². The van der Waals surface area contributed by atoms with E-state index < -0.39 is 0 Å². The van der Waals surface area contributed by atoms with Gasteiger partial charge in [0.25, 0.3) is 0 Å². The number of nitrogens with zero attached hydrogens (tertiary/aromatic N) is 2.